The monoisotopic (exact) mass is 293 g/mol. The standard InChI is InChI=1S/C15H23N3O3/c1-10-4-6-11(7-5-10)16-13(19)9-18-14(20)12-3-2-8-17(12)15(18)21/h10-12H,2-9H2,1H3,(H,16,19)/t10?,11?,12-/m1/s1. The molecule has 2 aliphatic heterocycles. The molecule has 21 heavy (non-hydrogen) atoms. The van der Waals surface area contributed by atoms with E-state index in [4.69, 9.17) is 0 Å². The summed E-state index contributed by atoms with van der Waals surface area (Å²) in [6.07, 6.45) is 5.84. The van der Waals surface area contributed by atoms with E-state index in [2.05, 4.69) is 12.2 Å². The van der Waals surface area contributed by atoms with E-state index >= 15 is 0 Å². The molecule has 3 aliphatic rings. The molecule has 0 aromatic rings. The molecule has 1 N–H and O–H groups in total. The van der Waals surface area contributed by atoms with Gasteiger partial charge >= 0.3 is 6.03 Å². The smallest absolute Gasteiger partial charge is 0.327 e. The van der Waals surface area contributed by atoms with Gasteiger partial charge in [0.15, 0.2) is 0 Å². The molecule has 6 heteroatoms. The number of carbonyl (C=O) groups is 3. The summed E-state index contributed by atoms with van der Waals surface area (Å²) in [4.78, 5) is 39.1. The third-order valence-electron chi connectivity index (χ3n) is 4.96. The summed E-state index contributed by atoms with van der Waals surface area (Å²) >= 11 is 0. The van der Waals surface area contributed by atoms with Gasteiger partial charge < -0.3 is 10.2 Å². The Hall–Kier alpha value is -1.59. The molecule has 3 fully saturated rings. The molecular formula is C15H23N3O3. The molecule has 0 unspecified atom stereocenters. The van der Waals surface area contributed by atoms with E-state index in [1.165, 1.54) is 0 Å². The molecule has 0 aromatic heterocycles. The van der Waals surface area contributed by atoms with Gasteiger partial charge in [-0.3, -0.25) is 14.5 Å². The van der Waals surface area contributed by atoms with Crippen LogP contribution in [0, 0.1) is 5.92 Å². The maximum absolute atomic E-state index is 12.2. The second kappa shape index (κ2) is 5.66. The number of amides is 4. The minimum Gasteiger partial charge on any atom is -0.352 e. The predicted molar refractivity (Wildman–Crippen MR) is 76.4 cm³/mol. The fourth-order valence-electron chi connectivity index (χ4n) is 3.65. The second-order valence-electron chi connectivity index (χ2n) is 6.58. The Kier molecular flexibility index (Phi) is 3.87. The SMILES string of the molecule is CC1CCC(NC(=O)CN2C(=O)[C@H]3CCCN3C2=O)CC1. The highest BCUT2D eigenvalue weighted by atomic mass is 16.2. The van der Waals surface area contributed by atoms with E-state index in [0.717, 1.165) is 49.3 Å². The topological polar surface area (TPSA) is 69.7 Å². The summed E-state index contributed by atoms with van der Waals surface area (Å²) in [7, 11) is 0. The summed E-state index contributed by atoms with van der Waals surface area (Å²) in [5, 5.41) is 2.97. The van der Waals surface area contributed by atoms with Gasteiger partial charge in [0.2, 0.25) is 5.91 Å². The Morgan fingerprint density at radius 2 is 1.90 bits per heavy atom. The molecule has 1 atom stereocenters. The van der Waals surface area contributed by atoms with Crippen molar-refractivity contribution in [3.05, 3.63) is 0 Å². The molecular weight excluding hydrogens is 270 g/mol. The third-order valence-corrected chi connectivity index (χ3v) is 4.96. The number of nitrogens with one attached hydrogen (secondary N) is 1. The van der Waals surface area contributed by atoms with Gasteiger partial charge in [-0.2, -0.15) is 0 Å². The van der Waals surface area contributed by atoms with Gasteiger partial charge in [0.1, 0.15) is 12.6 Å². The Labute approximate surface area is 124 Å². The molecule has 2 saturated heterocycles. The van der Waals surface area contributed by atoms with E-state index in [0.29, 0.717) is 6.54 Å². The van der Waals surface area contributed by atoms with Crippen molar-refractivity contribution < 1.29 is 14.4 Å². The highest BCUT2D eigenvalue weighted by Crippen LogP contribution is 2.27. The number of imide groups is 1. The molecule has 0 spiro atoms. The lowest BCUT2D eigenvalue weighted by atomic mass is 9.87. The number of hydrogen-bond acceptors (Lipinski definition) is 3. The molecule has 1 aliphatic carbocycles. The van der Waals surface area contributed by atoms with Crippen LogP contribution in [0.4, 0.5) is 4.79 Å². The van der Waals surface area contributed by atoms with Crippen molar-refractivity contribution in [3.63, 3.8) is 0 Å². The van der Waals surface area contributed by atoms with Crippen molar-refractivity contribution in [2.45, 2.75) is 57.5 Å². The van der Waals surface area contributed by atoms with Gasteiger partial charge in [0, 0.05) is 12.6 Å². The summed E-state index contributed by atoms with van der Waals surface area (Å²) in [6.45, 7) is 2.73. The van der Waals surface area contributed by atoms with Crippen LogP contribution in [0.1, 0.15) is 45.4 Å². The fourth-order valence-corrected chi connectivity index (χ4v) is 3.65. The van der Waals surface area contributed by atoms with Crippen LogP contribution in [0.2, 0.25) is 0 Å². The average Bonchev–Trinajstić information content (AvgIpc) is 3.02. The Bertz CT molecular complexity index is 435. The zero-order valence-electron chi connectivity index (χ0n) is 12.5. The first-order valence-electron chi connectivity index (χ1n) is 7.97. The lowest BCUT2D eigenvalue weighted by Gasteiger charge is -2.27. The first-order chi connectivity index (χ1) is 10.1. The number of hydrogen-bond donors (Lipinski definition) is 1. The quantitative estimate of drug-likeness (QED) is 0.792. The molecule has 2 heterocycles. The zero-order chi connectivity index (χ0) is 15.0. The van der Waals surface area contributed by atoms with Crippen molar-refractivity contribution >= 4 is 17.8 Å². The van der Waals surface area contributed by atoms with Crippen LogP contribution in [0.25, 0.3) is 0 Å². The van der Waals surface area contributed by atoms with Crippen LogP contribution in [0.15, 0.2) is 0 Å². The van der Waals surface area contributed by atoms with Crippen molar-refractivity contribution in [3.8, 4) is 0 Å². The van der Waals surface area contributed by atoms with E-state index in [9.17, 15) is 14.4 Å². The van der Waals surface area contributed by atoms with Crippen LogP contribution in [0.3, 0.4) is 0 Å². The van der Waals surface area contributed by atoms with Gasteiger partial charge in [-0.1, -0.05) is 6.92 Å². The molecule has 4 amide bonds. The summed E-state index contributed by atoms with van der Waals surface area (Å²) in [5.41, 5.74) is 0. The maximum atomic E-state index is 12.2. The number of rotatable bonds is 3. The summed E-state index contributed by atoms with van der Waals surface area (Å²) < 4.78 is 0. The van der Waals surface area contributed by atoms with Crippen LogP contribution < -0.4 is 5.32 Å². The number of nitrogens with zero attached hydrogens (tertiary/aromatic N) is 2. The van der Waals surface area contributed by atoms with Crippen LogP contribution in [-0.4, -0.2) is 52.8 Å². The number of carbonyl (C=O) groups excluding carboxylic acids is 3. The van der Waals surface area contributed by atoms with E-state index < -0.39 is 0 Å². The number of fused-ring (bicyclic) bond motifs is 1. The predicted octanol–water partition coefficient (Wildman–Crippen LogP) is 1.11. The van der Waals surface area contributed by atoms with Gasteiger partial charge in [0.05, 0.1) is 0 Å². The maximum Gasteiger partial charge on any atom is 0.327 e. The van der Waals surface area contributed by atoms with Crippen LogP contribution in [-0.2, 0) is 9.59 Å². The van der Waals surface area contributed by atoms with Crippen molar-refractivity contribution in [1.29, 1.82) is 0 Å². The van der Waals surface area contributed by atoms with Crippen molar-refractivity contribution in [2.24, 2.45) is 5.92 Å². The zero-order valence-corrected chi connectivity index (χ0v) is 12.5. The number of urea groups is 1. The molecule has 0 bridgehead atoms. The van der Waals surface area contributed by atoms with Crippen molar-refractivity contribution in [1.82, 2.24) is 15.1 Å². The Balaban J connectivity index is 1.53. The fraction of sp³-hybridized carbons (Fsp3) is 0.800. The van der Waals surface area contributed by atoms with Gasteiger partial charge in [0.25, 0.3) is 5.91 Å². The second-order valence-corrected chi connectivity index (χ2v) is 6.58. The lowest BCUT2D eigenvalue weighted by Crippen LogP contribution is -2.45. The van der Waals surface area contributed by atoms with Gasteiger partial charge in [-0.15, -0.1) is 0 Å². The van der Waals surface area contributed by atoms with E-state index in [-0.39, 0.29) is 36.5 Å². The molecule has 3 rings (SSSR count). The van der Waals surface area contributed by atoms with Gasteiger partial charge in [-0.05, 0) is 44.4 Å². The highest BCUT2D eigenvalue weighted by Gasteiger charge is 2.47. The van der Waals surface area contributed by atoms with E-state index in [1.807, 2.05) is 0 Å². The minimum atomic E-state index is -0.319. The van der Waals surface area contributed by atoms with Crippen LogP contribution >= 0.6 is 0 Å². The summed E-state index contributed by atoms with van der Waals surface area (Å²) in [5.74, 6) is 0.314. The van der Waals surface area contributed by atoms with E-state index in [1.54, 1.807) is 4.90 Å². The summed E-state index contributed by atoms with van der Waals surface area (Å²) in [6, 6.07) is -0.419. The molecule has 116 valence electrons. The largest absolute Gasteiger partial charge is 0.352 e. The highest BCUT2D eigenvalue weighted by molar-refractivity contribution is 6.06. The van der Waals surface area contributed by atoms with Gasteiger partial charge in [-0.25, -0.2) is 4.79 Å². The lowest BCUT2D eigenvalue weighted by molar-refractivity contribution is -0.132. The Morgan fingerprint density at radius 1 is 1.19 bits per heavy atom. The average molecular weight is 293 g/mol. The molecule has 6 nitrogen and oxygen atoms in total. The molecule has 0 radical (unpaired) electrons. The first-order valence-corrected chi connectivity index (χ1v) is 7.97. The normalized spacial score (nSPS) is 32.5. The minimum absolute atomic E-state index is 0.128. The molecule has 0 aromatic carbocycles. The Morgan fingerprint density at radius 3 is 2.57 bits per heavy atom. The van der Waals surface area contributed by atoms with Crippen molar-refractivity contribution in [2.75, 3.05) is 13.1 Å². The third kappa shape index (κ3) is 2.76. The van der Waals surface area contributed by atoms with Crippen LogP contribution in [0.5, 0.6) is 0 Å². The molecule has 1 saturated carbocycles. The first kappa shape index (κ1) is 14.4.